The highest BCUT2D eigenvalue weighted by Gasteiger charge is 2.21. The summed E-state index contributed by atoms with van der Waals surface area (Å²) in [5, 5.41) is 8.82. The number of hydrogen-bond donors (Lipinski definition) is 2. The van der Waals surface area contributed by atoms with Crippen LogP contribution in [0.3, 0.4) is 0 Å². The van der Waals surface area contributed by atoms with Crippen LogP contribution in [0.1, 0.15) is 21.0 Å². The van der Waals surface area contributed by atoms with E-state index >= 15 is 0 Å². The molecular formula is C10H15NO6S3. The van der Waals surface area contributed by atoms with Crippen LogP contribution >= 0.6 is 11.3 Å². The molecule has 0 saturated carbocycles. The summed E-state index contributed by atoms with van der Waals surface area (Å²) >= 11 is 0.878. The number of sulfonamides is 1. The minimum Gasteiger partial charge on any atom is -0.477 e. The Kier molecular flexibility index (Phi) is 5.30. The molecule has 0 atom stereocenters. The van der Waals surface area contributed by atoms with Gasteiger partial charge in [-0.15, -0.1) is 11.3 Å². The maximum absolute atomic E-state index is 12.0. The van der Waals surface area contributed by atoms with E-state index in [0.717, 1.165) is 23.7 Å². The summed E-state index contributed by atoms with van der Waals surface area (Å²) in [6.07, 6.45) is 1.23. The lowest BCUT2D eigenvalue weighted by Crippen LogP contribution is -2.26. The van der Waals surface area contributed by atoms with Gasteiger partial charge >= 0.3 is 5.97 Å². The minimum absolute atomic E-state index is 0.0207. The summed E-state index contributed by atoms with van der Waals surface area (Å²) in [6.45, 7) is 1.50. The molecule has 10 heteroatoms. The number of hydrogen-bond acceptors (Lipinski definition) is 6. The number of thiophene rings is 1. The molecule has 0 bridgehead atoms. The van der Waals surface area contributed by atoms with E-state index < -0.39 is 25.8 Å². The Morgan fingerprint density at radius 2 is 1.95 bits per heavy atom. The smallest absolute Gasteiger partial charge is 0.345 e. The van der Waals surface area contributed by atoms with Crippen molar-refractivity contribution in [1.29, 1.82) is 0 Å². The van der Waals surface area contributed by atoms with Gasteiger partial charge < -0.3 is 5.11 Å². The van der Waals surface area contributed by atoms with Crippen molar-refractivity contribution in [2.75, 3.05) is 18.6 Å². The Bertz CT molecular complexity index is 701. The first kappa shape index (κ1) is 17.1. The van der Waals surface area contributed by atoms with E-state index in [0.29, 0.717) is 4.88 Å². The van der Waals surface area contributed by atoms with Gasteiger partial charge in [-0.05, 0) is 19.4 Å². The second-order valence-corrected chi connectivity index (χ2v) is 9.47. The maximum atomic E-state index is 12.0. The lowest BCUT2D eigenvalue weighted by molar-refractivity contribution is 0.0702. The number of aryl methyl sites for hydroxylation is 1. The molecule has 1 rings (SSSR count). The van der Waals surface area contributed by atoms with Crippen molar-refractivity contribution >= 4 is 37.2 Å². The summed E-state index contributed by atoms with van der Waals surface area (Å²) in [5.74, 6) is -1.30. The fraction of sp³-hybridized carbons (Fsp3) is 0.500. The summed E-state index contributed by atoms with van der Waals surface area (Å²) in [6, 6.07) is 1.10. The topological polar surface area (TPSA) is 118 Å². The van der Waals surface area contributed by atoms with Crippen LogP contribution < -0.4 is 4.72 Å². The molecule has 0 amide bonds. The first-order chi connectivity index (χ1) is 9.03. The van der Waals surface area contributed by atoms with Crippen molar-refractivity contribution in [2.24, 2.45) is 0 Å². The Morgan fingerprint density at radius 1 is 1.35 bits per heavy atom. The highest BCUT2D eigenvalue weighted by molar-refractivity contribution is 7.90. The van der Waals surface area contributed by atoms with Gasteiger partial charge in [0.25, 0.3) is 0 Å². The van der Waals surface area contributed by atoms with Crippen LogP contribution in [0.2, 0.25) is 0 Å². The normalized spacial score (nSPS) is 12.5. The summed E-state index contributed by atoms with van der Waals surface area (Å²) in [4.78, 5) is 11.0. The zero-order chi connectivity index (χ0) is 15.6. The molecule has 1 heterocycles. The lowest BCUT2D eigenvalue weighted by atomic mass is 10.4. The zero-order valence-corrected chi connectivity index (χ0v) is 13.4. The molecule has 0 radical (unpaired) electrons. The third-order valence-corrected chi connectivity index (χ3v) is 6.14. The van der Waals surface area contributed by atoms with Gasteiger partial charge in [0.1, 0.15) is 14.7 Å². The largest absolute Gasteiger partial charge is 0.477 e. The van der Waals surface area contributed by atoms with Crippen LogP contribution in [0.15, 0.2) is 11.0 Å². The molecule has 0 saturated heterocycles. The molecule has 114 valence electrons. The van der Waals surface area contributed by atoms with E-state index in [4.69, 9.17) is 5.11 Å². The molecule has 0 aromatic carbocycles. The quantitative estimate of drug-likeness (QED) is 0.696. The summed E-state index contributed by atoms with van der Waals surface area (Å²) < 4.78 is 48.0. The average molecular weight is 341 g/mol. The first-order valence-corrected chi connectivity index (χ1v) is 9.90. The maximum Gasteiger partial charge on any atom is 0.345 e. The number of carboxylic acid groups (broad SMARTS) is 1. The van der Waals surface area contributed by atoms with Crippen LogP contribution in [-0.4, -0.2) is 46.5 Å². The molecule has 20 heavy (non-hydrogen) atoms. The Hall–Kier alpha value is -0.970. The van der Waals surface area contributed by atoms with Gasteiger partial charge in [-0.2, -0.15) is 0 Å². The minimum atomic E-state index is -3.82. The lowest BCUT2D eigenvalue weighted by Gasteiger charge is -2.05. The van der Waals surface area contributed by atoms with Crippen LogP contribution in [-0.2, 0) is 19.9 Å². The van der Waals surface area contributed by atoms with Gasteiger partial charge in [-0.25, -0.2) is 26.4 Å². The number of aromatic carboxylic acids is 1. The van der Waals surface area contributed by atoms with E-state index in [1.807, 2.05) is 0 Å². The van der Waals surface area contributed by atoms with Crippen LogP contribution in [0, 0.1) is 6.92 Å². The van der Waals surface area contributed by atoms with Crippen molar-refractivity contribution in [3.05, 3.63) is 15.8 Å². The Labute approximate surface area is 121 Å². The number of sulfone groups is 1. The molecule has 1 aromatic rings. The molecule has 2 N–H and O–H groups in total. The molecule has 0 unspecified atom stereocenters. The van der Waals surface area contributed by atoms with Crippen molar-refractivity contribution in [2.45, 2.75) is 18.2 Å². The zero-order valence-electron chi connectivity index (χ0n) is 10.9. The summed E-state index contributed by atoms with van der Waals surface area (Å²) in [7, 11) is -6.95. The summed E-state index contributed by atoms with van der Waals surface area (Å²) in [5.41, 5.74) is 0. The van der Waals surface area contributed by atoms with E-state index in [9.17, 15) is 21.6 Å². The van der Waals surface area contributed by atoms with Crippen LogP contribution in [0.25, 0.3) is 0 Å². The number of carboxylic acids is 1. The Morgan fingerprint density at radius 3 is 2.40 bits per heavy atom. The van der Waals surface area contributed by atoms with Gasteiger partial charge in [-0.3, -0.25) is 0 Å². The van der Waals surface area contributed by atoms with Crippen LogP contribution in [0.5, 0.6) is 0 Å². The monoisotopic (exact) mass is 341 g/mol. The molecule has 0 aliphatic carbocycles. The van der Waals surface area contributed by atoms with Crippen LogP contribution in [0.4, 0.5) is 0 Å². The van der Waals surface area contributed by atoms with Crippen molar-refractivity contribution in [3.63, 3.8) is 0 Å². The second kappa shape index (κ2) is 6.20. The van der Waals surface area contributed by atoms with Crippen molar-refractivity contribution in [3.8, 4) is 0 Å². The van der Waals surface area contributed by atoms with E-state index in [1.165, 1.54) is 6.92 Å². The standard InChI is InChI=1S/C10H15NO6S3/c1-7-9(6-8(18-7)10(12)13)20(16,17)11-4-3-5-19(2,14)15/h6,11H,3-5H2,1-2H3,(H,12,13). The predicted octanol–water partition coefficient (Wildman–Crippen LogP) is 0.468. The van der Waals surface area contributed by atoms with Gasteiger partial charge in [0.05, 0.1) is 10.6 Å². The molecule has 7 nitrogen and oxygen atoms in total. The SMILES string of the molecule is Cc1sc(C(=O)O)cc1S(=O)(=O)NCCCS(C)(=O)=O. The fourth-order valence-electron chi connectivity index (χ4n) is 1.46. The molecule has 0 aliphatic heterocycles. The van der Waals surface area contributed by atoms with Gasteiger partial charge in [0.2, 0.25) is 10.0 Å². The van der Waals surface area contributed by atoms with E-state index in [2.05, 4.69) is 4.72 Å². The molecule has 0 fully saturated rings. The Balaban J connectivity index is 2.77. The third kappa shape index (κ3) is 4.85. The molecule has 0 spiro atoms. The fourth-order valence-corrected chi connectivity index (χ4v) is 4.63. The second-order valence-electron chi connectivity index (χ2n) is 4.22. The van der Waals surface area contributed by atoms with Crippen molar-refractivity contribution in [1.82, 2.24) is 4.72 Å². The van der Waals surface area contributed by atoms with E-state index in [-0.39, 0.29) is 28.5 Å². The highest BCUT2D eigenvalue weighted by atomic mass is 32.2. The molecular weight excluding hydrogens is 326 g/mol. The first-order valence-electron chi connectivity index (χ1n) is 5.54. The van der Waals surface area contributed by atoms with Gasteiger partial charge in [-0.1, -0.05) is 0 Å². The molecule has 0 aliphatic rings. The number of carbonyl (C=O) groups is 1. The third-order valence-electron chi connectivity index (χ3n) is 2.36. The highest BCUT2D eigenvalue weighted by Crippen LogP contribution is 2.25. The number of rotatable bonds is 7. The average Bonchev–Trinajstić information content (AvgIpc) is 2.66. The van der Waals surface area contributed by atoms with Gasteiger partial charge in [0, 0.05) is 17.7 Å². The van der Waals surface area contributed by atoms with E-state index in [1.54, 1.807) is 0 Å². The van der Waals surface area contributed by atoms with Gasteiger partial charge in [0.15, 0.2) is 0 Å². The molecule has 1 aromatic heterocycles. The number of nitrogens with one attached hydrogen (secondary N) is 1. The predicted molar refractivity (Wildman–Crippen MR) is 75.5 cm³/mol. The van der Waals surface area contributed by atoms with Crippen molar-refractivity contribution < 1.29 is 26.7 Å².